The Morgan fingerprint density at radius 2 is 2.15 bits per heavy atom. The molecule has 4 rings (SSSR count). The molecule has 26 heavy (non-hydrogen) atoms. The second-order valence-electron chi connectivity index (χ2n) is 6.12. The predicted molar refractivity (Wildman–Crippen MR) is 98.1 cm³/mol. The molecule has 0 radical (unpaired) electrons. The molecule has 0 aliphatic heterocycles. The lowest BCUT2D eigenvalue weighted by atomic mass is 9.73. The number of benzene rings is 1. The van der Waals surface area contributed by atoms with Crippen molar-refractivity contribution in [1.82, 2.24) is 9.97 Å². The van der Waals surface area contributed by atoms with Crippen molar-refractivity contribution in [3.8, 4) is 11.8 Å². The molecule has 1 N–H and O–H groups in total. The Labute approximate surface area is 150 Å². The van der Waals surface area contributed by atoms with Crippen molar-refractivity contribution in [1.29, 1.82) is 5.26 Å². The van der Waals surface area contributed by atoms with Gasteiger partial charge in [-0.25, -0.2) is 4.39 Å². The molecule has 0 saturated heterocycles. The van der Waals surface area contributed by atoms with Gasteiger partial charge in [-0.05, 0) is 18.2 Å². The number of methoxy groups -OCH3 is 1. The van der Waals surface area contributed by atoms with Crippen LogP contribution < -0.4 is 4.74 Å². The summed E-state index contributed by atoms with van der Waals surface area (Å²) in [5, 5.41) is 9.62. The molecule has 0 fully saturated rings. The number of fused-ring (bicyclic) bond motifs is 1. The highest BCUT2D eigenvalue weighted by Gasteiger charge is 2.47. The van der Waals surface area contributed by atoms with Gasteiger partial charge in [0, 0.05) is 29.1 Å². The summed E-state index contributed by atoms with van der Waals surface area (Å²) < 4.78 is 22.0. The van der Waals surface area contributed by atoms with Crippen molar-refractivity contribution in [2.75, 3.05) is 7.11 Å². The van der Waals surface area contributed by atoms with Crippen LogP contribution in [0.5, 0.6) is 5.75 Å². The SMILES string of the molecule is COc1ccccc1C1(F)C(c2cnc3cc[nH]c3c2)=CC=CC1C#N. The van der Waals surface area contributed by atoms with E-state index in [9.17, 15) is 5.26 Å². The lowest BCUT2D eigenvalue weighted by Gasteiger charge is -2.34. The topological polar surface area (TPSA) is 61.7 Å². The van der Waals surface area contributed by atoms with Gasteiger partial charge >= 0.3 is 0 Å². The highest BCUT2D eigenvalue weighted by molar-refractivity contribution is 5.84. The first-order valence-electron chi connectivity index (χ1n) is 8.23. The first kappa shape index (κ1) is 16.1. The summed E-state index contributed by atoms with van der Waals surface area (Å²) in [5.74, 6) is -0.566. The fourth-order valence-corrected chi connectivity index (χ4v) is 3.46. The molecule has 0 spiro atoms. The highest BCUT2D eigenvalue weighted by atomic mass is 19.1. The standard InChI is InChI=1S/C21H16FN3O/c1-26-20-8-3-2-6-17(20)21(22)15(12-23)5-4-7-16(21)14-11-19-18(25-13-14)9-10-24-19/h2-11,13,15,24H,1H3. The maximum Gasteiger partial charge on any atom is 0.184 e. The summed E-state index contributed by atoms with van der Waals surface area (Å²) in [4.78, 5) is 7.49. The zero-order valence-electron chi connectivity index (χ0n) is 14.1. The maximum atomic E-state index is 16.6. The molecule has 128 valence electrons. The van der Waals surface area contributed by atoms with Crippen molar-refractivity contribution >= 4 is 16.6 Å². The average Bonchev–Trinajstić information content (AvgIpc) is 3.15. The Morgan fingerprint density at radius 3 is 2.96 bits per heavy atom. The molecule has 1 aliphatic carbocycles. The molecule has 2 heterocycles. The van der Waals surface area contributed by atoms with Gasteiger partial charge in [-0.1, -0.05) is 36.4 Å². The lowest BCUT2D eigenvalue weighted by Crippen LogP contribution is -2.32. The second-order valence-corrected chi connectivity index (χ2v) is 6.12. The van der Waals surface area contributed by atoms with E-state index in [-0.39, 0.29) is 0 Å². The van der Waals surface area contributed by atoms with Crippen LogP contribution in [0.4, 0.5) is 4.39 Å². The number of ether oxygens (including phenoxy) is 1. The Bertz CT molecular complexity index is 1080. The van der Waals surface area contributed by atoms with Crippen molar-refractivity contribution in [3.05, 3.63) is 78.1 Å². The van der Waals surface area contributed by atoms with Crippen molar-refractivity contribution < 1.29 is 9.13 Å². The monoisotopic (exact) mass is 345 g/mol. The highest BCUT2D eigenvalue weighted by Crippen LogP contribution is 2.50. The molecular weight excluding hydrogens is 329 g/mol. The van der Waals surface area contributed by atoms with Gasteiger partial charge in [0.25, 0.3) is 0 Å². The zero-order chi connectivity index (χ0) is 18.1. The molecule has 5 heteroatoms. The van der Waals surface area contributed by atoms with Crippen molar-refractivity contribution in [3.63, 3.8) is 0 Å². The van der Waals surface area contributed by atoms with Crippen molar-refractivity contribution in [2.45, 2.75) is 5.67 Å². The maximum absolute atomic E-state index is 16.6. The third-order valence-corrected chi connectivity index (χ3v) is 4.73. The third kappa shape index (κ3) is 2.31. The zero-order valence-corrected chi connectivity index (χ0v) is 14.1. The minimum Gasteiger partial charge on any atom is -0.496 e. The molecule has 1 aromatic carbocycles. The number of allylic oxidation sites excluding steroid dienone is 4. The van der Waals surface area contributed by atoms with Gasteiger partial charge in [-0.2, -0.15) is 5.26 Å². The number of alkyl halides is 1. The summed E-state index contributed by atoms with van der Waals surface area (Å²) in [5.41, 5.74) is 0.917. The molecule has 0 saturated carbocycles. The molecule has 1 aliphatic rings. The van der Waals surface area contributed by atoms with Crippen molar-refractivity contribution in [2.24, 2.45) is 5.92 Å². The average molecular weight is 345 g/mol. The van der Waals surface area contributed by atoms with Crippen LogP contribution in [0.15, 0.2) is 67.0 Å². The molecule has 4 nitrogen and oxygen atoms in total. The quantitative estimate of drug-likeness (QED) is 0.758. The molecule has 2 unspecified atom stereocenters. The number of H-pyrrole nitrogens is 1. The first-order valence-corrected chi connectivity index (χ1v) is 8.23. The first-order chi connectivity index (χ1) is 12.7. The number of nitriles is 1. The van der Waals surface area contributed by atoms with E-state index >= 15 is 4.39 Å². The minimum atomic E-state index is -2.04. The number of rotatable bonds is 3. The predicted octanol–water partition coefficient (Wildman–Crippen LogP) is 4.53. The Balaban J connectivity index is 1.95. The number of nitrogens with zero attached hydrogens (tertiary/aromatic N) is 2. The molecular formula is C21H16FN3O. The summed E-state index contributed by atoms with van der Waals surface area (Å²) in [6.07, 6.45) is 8.43. The van der Waals surface area contributed by atoms with E-state index in [0.717, 1.165) is 11.0 Å². The summed E-state index contributed by atoms with van der Waals surface area (Å²) >= 11 is 0. The van der Waals surface area contributed by atoms with Gasteiger partial charge in [0.1, 0.15) is 11.7 Å². The fraction of sp³-hybridized carbons (Fsp3) is 0.143. The Morgan fingerprint density at radius 1 is 1.31 bits per heavy atom. The number of hydrogen-bond acceptors (Lipinski definition) is 3. The number of halogens is 1. The van der Waals surface area contributed by atoms with Crippen LogP contribution in [0.2, 0.25) is 0 Å². The summed E-state index contributed by atoms with van der Waals surface area (Å²) in [6, 6.07) is 12.7. The van der Waals surface area contributed by atoms with E-state index in [0.29, 0.717) is 22.4 Å². The van der Waals surface area contributed by atoms with Crippen LogP contribution in [0.1, 0.15) is 11.1 Å². The number of pyridine rings is 1. The number of aromatic nitrogens is 2. The van der Waals surface area contributed by atoms with E-state index in [2.05, 4.69) is 16.0 Å². The number of nitrogens with one attached hydrogen (secondary N) is 1. The van der Waals surface area contributed by atoms with E-state index in [4.69, 9.17) is 4.74 Å². The van der Waals surface area contributed by atoms with Crippen LogP contribution in [-0.2, 0) is 5.67 Å². The van der Waals surface area contributed by atoms with E-state index in [1.165, 1.54) is 7.11 Å². The van der Waals surface area contributed by atoms with E-state index < -0.39 is 11.6 Å². The summed E-state index contributed by atoms with van der Waals surface area (Å²) in [6.45, 7) is 0. The minimum absolute atomic E-state index is 0.330. The van der Waals surface area contributed by atoms with Crippen LogP contribution in [0.25, 0.3) is 16.6 Å². The van der Waals surface area contributed by atoms with Crippen LogP contribution >= 0.6 is 0 Å². The second kappa shape index (κ2) is 6.16. The molecule has 2 aromatic heterocycles. The van der Waals surface area contributed by atoms with Crippen LogP contribution in [0.3, 0.4) is 0 Å². The van der Waals surface area contributed by atoms with Crippen LogP contribution in [0, 0.1) is 17.2 Å². The normalized spacial score (nSPS) is 22.0. The smallest absolute Gasteiger partial charge is 0.184 e. The molecule has 0 amide bonds. The summed E-state index contributed by atoms with van der Waals surface area (Å²) in [7, 11) is 1.50. The van der Waals surface area contributed by atoms with Gasteiger partial charge in [0.15, 0.2) is 5.67 Å². The van der Waals surface area contributed by atoms with E-state index in [1.54, 1.807) is 54.9 Å². The largest absolute Gasteiger partial charge is 0.496 e. The lowest BCUT2D eigenvalue weighted by molar-refractivity contribution is 0.203. The molecule has 2 atom stereocenters. The van der Waals surface area contributed by atoms with Gasteiger partial charge < -0.3 is 9.72 Å². The van der Waals surface area contributed by atoms with Gasteiger partial charge in [0.05, 0.1) is 24.2 Å². The van der Waals surface area contributed by atoms with Gasteiger partial charge in [-0.3, -0.25) is 4.98 Å². The molecule has 3 aromatic rings. The third-order valence-electron chi connectivity index (χ3n) is 4.73. The van der Waals surface area contributed by atoms with Gasteiger partial charge in [0.2, 0.25) is 0 Å². The fourth-order valence-electron chi connectivity index (χ4n) is 3.46. The van der Waals surface area contributed by atoms with Crippen LogP contribution in [-0.4, -0.2) is 17.1 Å². The number of para-hydroxylation sites is 1. The Hall–Kier alpha value is -3.39. The molecule has 0 bridgehead atoms. The van der Waals surface area contributed by atoms with Gasteiger partial charge in [-0.15, -0.1) is 0 Å². The number of hydrogen-bond donors (Lipinski definition) is 1. The number of aromatic amines is 1. The van der Waals surface area contributed by atoms with E-state index in [1.807, 2.05) is 12.1 Å². The Kier molecular flexibility index (Phi) is 3.81.